The second kappa shape index (κ2) is 5.61. The molecule has 0 bridgehead atoms. The molecule has 1 aliphatic heterocycles. The van der Waals surface area contributed by atoms with E-state index in [-0.39, 0.29) is 11.4 Å². The van der Waals surface area contributed by atoms with E-state index in [1.807, 2.05) is 0 Å². The molecule has 1 heterocycles. The minimum absolute atomic E-state index is 0.211. The number of hydrogen-bond acceptors (Lipinski definition) is 5. The van der Waals surface area contributed by atoms with Crippen LogP contribution in [0.1, 0.15) is 20.8 Å². The van der Waals surface area contributed by atoms with E-state index in [1.54, 1.807) is 30.4 Å². The molecular weight excluding hydrogens is 232 g/mol. The third kappa shape index (κ3) is 3.28. The van der Waals surface area contributed by atoms with Gasteiger partial charge in [0.15, 0.2) is 5.78 Å². The maximum absolute atomic E-state index is 11.6. The Balaban J connectivity index is 2.91. The van der Waals surface area contributed by atoms with Gasteiger partial charge in [-0.15, -0.1) is 23.5 Å². The molecule has 1 rings (SSSR count). The van der Waals surface area contributed by atoms with Crippen molar-refractivity contribution < 1.29 is 14.3 Å². The van der Waals surface area contributed by atoms with Crippen LogP contribution in [0.3, 0.4) is 0 Å². The van der Waals surface area contributed by atoms with Crippen molar-refractivity contribution >= 4 is 35.3 Å². The van der Waals surface area contributed by atoms with E-state index >= 15 is 0 Å². The van der Waals surface area contributed by atoms with Crippen molar-refractivity contribution in [2.75, 3.05) is 12.4 Å². The van der Waals surface area contributed by atoms with Crippen LogP contribution in [0.25, 0.3) is 0 Å². The summed E-state index contributed by atoms with van der Waals surface area (Å²) >= 11 is 3.14. The van der Waals surface area contributed by atoms with Gasteiger partial charge in [0.1, 0.15) is 5.57 Å². The first-order chi connectivity index (χ1) is 7.06. The minimum atomic E-state index is -0.492. The van der Waals surface area contributed by atoms with Crippen molar-refractivity contribution in [2.24, 2.45) is 0 Å². The normalized spacial score (nSPS) is 23.8. The maximum Gasteiger partial charge on any atom is 0.343 e. The third-order valence-corrected chi connectivity index (χ3v) is 4.77. The summed E-state index contributed by atoms with van der Waals surface area (Å²) in [4.78, 5) is 22.9. The molecule has 0 aliphatic carbocycles. The number of carbonyl (C=O) groups excluding carboxylic acids is 2. The Morgan fingerprint density at radius 3 is 2.60 bits per heavy atom. The van der Waals surface area contributed by atoms with E-state index in [1.165, 1.54) is 6.92 Å². The lowest BCUT2D eigenvalue weighted by atomic mass is 10.2. The van der Waals surface area contributed by atoms with Gasteiger partial charge in [0.25, 0.3) is 0 Å². The fraction of sp³-hybridized carbons (Fsp3) is 0.600. The van der Waals surface area contributed by atoms with Crippen molar-refractivity contribution in [3.05, 3.63) is 9.81 Å². The van der Waals surface area contributed by atoms with Crippen molar-refractivity contribution in [3.63, 3.8) is 0 Å². The van der Waals surface area contributed by atoms with Crippen molar-refractivity contribution in [1.29, 1.82) is 0 Å². The van der Waals surface area contributed by atoms with Crippen LogP contribution in [-0.4, -0.2) is 29.4 Å². The molecule has 0 saturated carbocycles. The van der Waals surface area contributed by atoms with Gasteiger partial charge in [-0.25, -0.2) is 4.79 Å². The van der Waals surface area contributed by atoms with E-state index in [0.29, 0.717) is 11.9 Å². The molecule has 1 saturated heterocycles. The van der Waals surface area contributed by atoms with Crippen LogP contribution in [-0.2, 0) is 14.3 Å². The monoisotopic (exact) mass is 246 g/mol. The summed E-state index contributed by atoms with van der Waals surface area (Å²) in [7, 11) is 0. The van der Waals surface area contributed by atoms with E-state index in [2.05, 4.69) is 6.92 Å². The largest absolute Gasteiger partial charge is 0.462 e. The van der Waals surface area contributed by atoms with E-state index < -0.39 is 5.97 Å². The number of rotatable bonds is 3. The summed E-state index contributed by atoms with van der Waals surface area (Å²) in [6.07, 6.45) is 0. The van der Waals surface area contributed by atoms with Crippen LogP contribution in [0.4, 0.5) is 0 Å². The summed E-state index contributed by atoms with van der Waals surface area (Å²) in [6, 6.07) is 0. The molecule has 5 heteroatoms. The molecule has 84 valence electrons. The van der Waals surface area contributed by atoms with Crippen LogP contribution in [0.2, 0.25) is 0 Å². The maximum atomic E-state index is 11.6. The molecule has 3 nitrogen and oxygen atoms in total. The van der Waals surface area contributed by atoms with Gasteiger partial charge in [-0.05, 0) is 13.8 Å². The van der Waals surface area contributed by atoms with Gasteiger partial charge < -0.3 is 4.74 Å². The van der Waals surface area contributed by atoms with Crippen LogP contribution in [0, 0.1) is 0 Å². The second-order valence-electron chi connectivity index (χ2n) is 3.18. The lowest BCUT2D eigenvalue weighted by molar-refractivity contribution is -0.139. The van der Waals surface area contributed by atoms with Crippen LogP contribution in [0.15, 0.2) is 9.81 Å². The first kappa shape index (κ1) is 12.6. The number of hydrogen-bond donors (Lipinski definition) is 0. The summed E-state index contributed by atoms with van der Waals surface area (Å²) in [5.74, 6) is 0.238. The zero-order valence-electron chi connectivity index (χ0n) is 9.03. The standard InChI is InChI=1S/C10H14O3S2/c1-4-13-9(12)8(7(3)11)10-14-5-6(2)15-10/h6H,4-5H2,1-3H3/b10-8+/t6-/m0/s1. The lowest BCUT2D eigenvalue weighted by Crippen LogP contribution is -2.14. The number of carbonyl (C=O) groups is 2. The molecule has 1 atom stereocenters. The zero-order chi connectivity index (χ0) is 11.4. The minimum Gasteiger partial charge on any atom is -0.462 e. The molecule has 0 spiro atoms. The highest BCUT2D eigenvalue weighted by Crippen LogP contribution is 2.43. The zero-order valence-corrected chi connectivity index (χ0v) is 10.7. The second-order valence-corrected chi connectivity index (χ2v) is 5.92. The first-order valence-electron chi connectivity index (χ1n) is 4.78. The van der Waals surface area contributed by atoms with Crippen LogP contribution >= 0.6 is 23.5 Å². The Bertz CT molecular complexity index is 310. The molecule has 1 fully saturated rings. The molecule has 0 unspecified atom stereocenters. The van der Waals surface area contributed by atoms with Crippen molar-refractivity contribution in [3.8, 4) is 0 Å². The van der Waals surface area contributed by atoms with Gasteiger partial charge in [0.2, 0.25) is 0 Å². The van der Waals surface area contributed by atoms with E-state index in [9.17, 15) is 9.59 Å². The smallest absolute Gasteiger partial charge is 0.343 e. The van der Waals surface area contributed by atoms with E-state index in [0.717, 1.165) is 9.99 Å². The Labute approximate surface area is 98.0 Å². The fourth-order valence-electron chi connectivity index (χ4n) is 1.15. The Morgan fingerprint density at radius 1 is 1.53 bits per heavy atom. The number of esters is 1. The summed E-state index contributed by atoms with van der Waals surface area (Å²) in [5, 5.41) is 0.453. The highest BCUT2D eigenvalue weighted by atomic mass is 32.2. The van der Waals surface area contributed by atoms with E-state index in [4.69, 9.17) is 4.74 Å². The summed E-state index contributed by atoms with van der Waals surface area (Å²) in [6.45, 7) is 5.52. The van der Waals surface area contributed by atoms with Crippen molar-refractivity contribution in [2.45, 2.75) is 26.0 Å². The molecule has 0 N–H and O–H groups in total. The van der Waals surface area contributed by atoms with Gasteiger partial charge in [-0.1, -0.05) is 6.92 Å². The summed E-state index contributed by atoms with van der Waals surface area (Å²) < 4.78 is 5.68. The highest BCUT2D eigenvalue weighted by molar-refractivity contribution is 8.25. The fourth-order valence-corrected chi connectivity index (χ4v) is 4.06. The summed E-state index contributed by atoms with van der Waals surface area (Å²) in [5.41, 5.74) is 0.219. The number of ether oxygens (including phenoxy) is 1. The Hall–Kier alpha value is -0.420. The van der Waals surface area contributed by atoms with Crippen LogP contribution < -0.4 is 0 Å². The predicted octanol–water partition coefficient (Wildman–Crippen LogP) is 2.22. The third-order valence-electron chi connectivity index (χ3n) is 1.79. The van der Waals surface area contributed by atoms with Gasteiger partial charge in [0, 0.05) is 11.0 Å². The molecule has 0 aromatic heterocycles. The first-order valence-corrected chi connectivity index (χ1v) is 6.64. The molecular formula is C10H14O3S2. The molecule has 0 aromatic carbocycles. The number of thioether (sulfide) groups is 2. The quantitative estimate of drug-likeness (QED) is 0.330. The van der Waals surface area contributed by atoms with Crippen LogP contribution in [0.5, 0.6) is 0 Å². The SMILES string of the molecule is CCOC(=O)/C(C(C)=O)=C1\SC[C@H](C)S1. The van der Waals surface area contributed by atoms with Gasteiger partial charge in [-0.3, -0.25) is 4.79 Å². The number of Topliss-reactive ketones (excluding diaryl/α,β-unsaturated/α-hetero) is 1. The number of ketones is 1. The highest BCUT2D eigenvalue weighted by Gasteiger charge is 2.27. The average molecular weight is 246 g/mol. The van der Waals surface area contributed by atoms with Gasteiger partial charge >= 0.3 is 5.97 Å². The molecule has 0 radical (unpaired) electrons. The average Bonchev–Trinajstić information content (AvgIpc) is 2.51. The molecule has 1 aliphatic rings. The topological polar surface area (TPSA) is 43.4 Å². The molecule has 0 amide bonds. The molecule has 15 heavy (non-hydrogen) atoms. The lowest BCUT2D eigenvalue weighted by Gasteiger charge is -2.06. The molecule has 0 aromatic rings. The van der Waals surface area contributed by atoms with Crippen molar-refractivity contribution in [1.82, 2.24) is 0 Å². The Morgan fingerprint density at radius 2 is 2.20 bits per heavy atom. The predicted molar refractivity (Wildman–Crippen MR) is 63.9 cm³/mol. The Kier molecular flexibility index (Phi) is 4.73. The van der Waals surface area contributed by atoms with Gasteiger partial charge in [-0.2, -0.15) is 0 Å². The van der Waals surface area contributed by atoms with Gasteiger partial charge in [0.05, 0.1) is 10.8 Å².